The van der Waals surface area contributed by atoms with Crippen molar-refractivity contribution in [2.75, 3.05) is 6.61 Å². The molecule has 3 heteroatoms. The number of ether oxygens (including phenoxy) is 1. The highest BCUT2D eigenvalue weighted by Gasteiger charge is 2.05. The van der Waals surface area contributed by atoms with Crippen LogP contribution in [-0.4, -0.2) is 17.6 Å². The fourth-order valence-electron chi connectivity index (χ4n) is 2.50. The van der Waals surface area contributed by atoms with Crippen LogP contribution in [0.5, 0.6) is 0 Å². The van der Waals surface area contributed by atoms with Crippen LogP contribution in [0.15, 0.2) is 24.5 Å². The number of hydrogen-bond acceptors (Lipinski definition) is 3. The Morgan fingerprint density at radius 1 is 0.864 bits per heavy atom. The second kappa shape index (κ2) is 13.3. The first-order chi connectivity index (χ1) is 10.8. The van der Waals surface area contributed by atoms with Gasteiger partial charge in [0.25, 0.3) is 0 Å². The molecule has 22 heavy (non-hydrogen) atoms. The molecule has 0 radical (unpaired) electrons. The molecule has 0 fully saturated rings. The molecule has 3 nitrogen and oxygen atoms in total. The van der Waals surface area contributed by atoms with Crippen molar-refractivity contribution >= 4 is 5.97 Å². The van der Waals surface area contributed by atoms with Gasteiger partial charge in [-0.3, -0.25) is 4.98 Å². The van der Waals surface area contributed by atoms with E-state index in [1.54, 1.807) is 24.5 Å². The lowest BCUT2D eigenvalue weighted by atomic mass is 10.1. The zero-order valence-electron chi connectivity index (χ0n) is 14.1. The lowest BCUT2D eigenvalue weighted by molar-refractivity contribution is 0.0497. The average molecular weight is 305 g/mol. The van der Waals surface area contributed by atoms with Gasteiger partial charge in [-0.05, 0) is 18.6 Å². The fraction of sp³-hybridized carbons (Fsp3) is 0.684. The molecular weight excluding hydrogens is 274 g/mol. The fourth-order valence-corrected chi connectivity index (χ4v) is 2.50. The molecule has 0 atom stereocenters. The monoisotopic (exact) mass is 305 g/mol. The highest BCUT2D eigenvalue weighted by atomic mass is 16.5. The maximum absolute atomic E-state index is 11.7. The summed E-state index contributed by atoms with van der Waals surface area (Å²) in [5.74, 6) is -0.241. The molecule has 1 aromatic rings. The normalized spacial score (nSPS) is 10.6. The Morgan fingerprint density at radius 3 is 1.91 bits per heavy atom. The van der Waals surface area contributed by atoms with Crippen LogP contribution in [0.3, 0.4) is 0 Å². The maximum atomic E-state index is 11.7. The summed E-state index contributed by atoms with van der Waals surface area (Å²) in [6.45, 7) is 2.78. The van der Waals surface area contributed by atoms with Crippen molar-refractivity contribution in [1.82, 2.24) is 4.98 Å². The van der Waals surface area contributed by atoms with E-state index in [-0.39, 0.29) is 5.97 Å². The van der Waals surface area contributed by atoms with Crippen LogP contribution in [0.25, 0.3) is 0 Å². The molecule has 0 amide bonds. The van der Waals surface area contributed by atoms with Crippen LogP contribution in [0.4, 0.5) is 0 Å². The van der Waals surface area contributed by atoms with E-state index < -0.39 is 0 Å². The van der Waals surface area contributed by atoms with E-state index in [0.717, 1.165) is 12.8 Å². The molecule has 0 saturated carbocycles. The summed E-state index contributed by atoms with van der Waals surface area (Å²) in [5, 5.41) is 0. The molecule has 1 aromatic heterocycles. The number of esters is 1. The molecule has 1 rings (SSSR count). The van der Waals surface area contributed by atoms with E-state index in [2.05, 4.69) is 11.9 Å². The van der Waals surface area contributed by atoms with Gasteiger partial charge in [0.1, 0.15) is 0 Å². The van der Waals surface area contributed by atoms with Crippen molar-refractivity contribution < 1.29 is 9.53 Å². The predicted octanol–water partition coefficient (Wildman–Crippen LogP) is 5.55. The van der Waals surface area contributed by atoms with Gasteiger partial charge in [-0.1, -0.05) is 71.1 Å². The van der Waals surface area contributed by atoms with E-state index >= 15 is 0 Å². The first-order valence-electron chi connectivity index (χ1n) is 8.91. The molecule has 0 aliphatic carbocycles. The van der Waals surface area contributed by atoms with Crippen molar-refractivity contribution in [1.29, 1.82) is 0 Å². The van der Waals surface area contributed by atoms with Gasteiger partial charge in [0.15, 0.2) is 0 Å². The molecule has 1 heterocycles. The molecule has 0 aliphatic heterocycles. The standard InChI is InChI=1S/C19H31NO2/c1-2-3-4-5-6-7-8-9-10-11-12-17-22-19(21)18-13-15-20-16-14-18/h13-16H,2-12,17H2,1H3. The zero-order chi connectivity index (χ0) is 15.9. The third-order valence-electron chi connectivity index (χ3n) is 3.90. The van der Waals surface area contributed by atoms with Crippen LogP contribution in [0.2, 0.25) is 0 Å². The number of carbonyl (C=O) groups excluding carboxylic acids is 1. The summed E-state index contributed by atoms with van der Waals surface area (Å²) in [7, 11) is 0. The third kappa shape index (κ3) is 9.54. The Kier molecular flexibility index (Phi) is 11.3. The first-order valence-corrected chi connectivity index (χ1v) is 8.91. The Bertz CT molecular complexity index is 378. The molecule has 0 spiro atoms. The number of rotatable bonds is 13. The number of nitrogens with zero attached hydrogens (tertiary/aromatic N) is 1. The number of unbranched alkanes of at least 4 members (excludes halogenated alkanes) is 10. The van der Waals surface area contributed by atoms with Crippen molar-refractivity contribution in [3.63, 3.8) is 0 Å². The zero-order valence-corrected chi connectivity index (χ0v) is 14.1. The molecule has 0 N–H and O–H groups in total. The summed E-state index contributed by atoms with van der Waals surface area (Å²) in [6, 6.07) is 3.37. The SMILES string of the molecule is CCCCCCCCCCCCCOC(=O)c1ccncc1. The van der Waals surface area contributed by atoms with Gasteiger partial charge >= 0.3 is 5.97 Å². The number of aromatic nitrogens is 1. The summed E-state index contributed by atoms with van der Waals surface area (Å²) in [5.41, 5.74) is 0.582. The largest absolute Gasteiger partial charge is 0.462 e. The minimum absolute atomic E-state index is 0.241. The van der Waals surface area contributed by atoms with E-state index in [9.17, 15) is 4.79 Å². The third-order valence-corrected chi connectivity index (χ3v) is 3.90. The van der Waals surface area contributed by atoms with Gasteiger partial charge in [-0.25, -0.2) is 4.79 Å². The van der Waals surface area contributed by atoms with Gasteiger partial charge in [0.05, 0.1) is 12.2 Å². The molecule has 124 valence electrons. The van der Waals surface area contributed by atoms with Gasteiger partial charge < -0.3 is 4.74 Å². The summed E-state index contributed by atoms with van der Waals surface area (Å²) in [4.78, 5) is 15.6. The number of pyridine rings is 1. The predicted molar refractivity (Wildman–Crippen MR) is 91.0 cm³/mol. The van der Waals surface area contributed by atoms with E-state index in [1.807, 2.05) is 0 Å². The maximum Gasteiger partial charge on any atom is 0.338 e. The van der Waals surface area contributed by atoms with Crippen molar-refractivity contribution in [3.05, 3.63) is 30.1 Å². The Labute approximate surface area is 135 Å². The molecule has 0 aliphatic rings. The van der Waals surface area contributed by atoms with E-state index in [0.29, 0.717) is 12.2 Å². The van der Waals surface area contributed by atoms with Crippen LogP contribution in [0.1, 0.15) is 87.9 Å². The van der Waals surface area contributed by atoms with Gasteiger partial charge in [-0.2, -0.15) is 0 Å². The van der Waals surface area contributed by atoms with Gasteiger partial charge in [-0.15, -0.1) is 0 Å². The van der Waals surface area contributed by atoms with Crippen LogP contribution in [-0.2, 0) is 4.74 Å². The Morgan fingerprint density at radius 2 is 1.36 bits per heavy atom. The molecule has 0 bridgehead atoms. The summed E-state index contributed by atoms with van der Waals surface area (Å²) < 4.78 is 5.24. The minimum Gasteiger partial charge on any atom is -0.462 e. The first kappa shape index (κ1) is 18.7. The smallest absolute Gasteiger partial charge is 0.338 e. The topological polar surface area (TPSA) is 39.2 Å². The van der Waals surface area contributed by atoms with Crippen LogP contribution in [0, 0.1) is 0 Å². The molecule has 0 aromatic carbocycles. The Balaban J connectivity index is 1.85. The van der Waals surface area contributed by atoms with Crippen LogP contribution < -0.4 is 0 Å². The van der Waals surface area contributed by atoms with Crippen molar-refractivity contribution in [2.24, 2.45) is 0 Å². The van der Waals surface area contributed by atoms with Crippen LogP contribution >= 0.6 is 0 Å². The lowest BCUT2D eigenvalue weighted by Gasteiger charge is -2.05. The van der Waals surface area contributed by atoms with Crippen molar-refractivity contribution in [2.45, 2.75) is 77.6 Å². The summed E-state index contributed by atoms with van der Waals surface area (Å²) >= 11 is 0. The highest BCUT2D eigenvalue weighted by molar-refractivity contribution is 5.89. The van der Waals surface area contributed by atoms with Gasteiger partial charge in [0, 0.05) is 12.4 Å². The highest BCUT2D eigenvalue weighted by Crippen LogP contribution is 2.11. The lowest BCUT2D eigenvalue weighted by Crippen LogP contribution is -2.06. The number of carbonyl (C=O) groups is 1. The summed E-state index contributed by atoms with van der Waals surface area (Å²) in [6.07, 6.45) is 17.5. The second-order valence-corrected chi connectivity index (χ2v) is 5.91. The van der Waals surface area contributed by atoms with Crippen molar-refractivity contribution in [3.8, 4) is 0 Å². The molecule has 0 unspecified atom stereocenters. The average Bonchev–Trinajstić information content (AvgIpc) is 2.56. The van der Waals surface area contributed by atoms with E-state index in [4.69, 9.17) is 4.74 Å². The van der Waals surface area contributed by atoms with Gasteiger partial charge in [0.2, 0.25) is 0 Å². The molecular formula is C19H31NO2. The quantitative estimate of drug-likeness (QED) is 0.354. The minimum atomic E-state index is -0.241. The number of hydrogen-bond donors (Lipinski definition) is 0. The van der Waals surface area contributed by atoms with E-state index in [1.165, 1.54) is 57.8 Å². The second-order valence-electron chi connectivity index (χ2n) is 5.91. The Hall–Kier alpha value is -1.38. The molecule has 0 saturated heterocycles.